The minimum atomic E-state index is 0.0511. The average Bonchev–Trinajstić information content (AvgIpc) is 2.35. The summed E-state index contributed by atoms with van der Waals surface area (Å²) in [6.07, 6.45) is 0.943. The molecule has 1 atom stereocenters. The number of carbonyl (C=O) groups is 1. The first-order chi connectivity index (χ1) is 8.63. The van der Waals surface area contributed by atoms with Crippen LogP contribution in [0.3, 0.4) is 0 Å². The van der Waals surface area contributed by atoms with Crippen molar-refractivity contribution in [3.05, 3.63) is 28.7 Å². The Morgan fingerprint density at radius 3 is 2.78 bits per heavy atom. The van der Waals surface area contributed by atoms with Gasteiger partial charge in [0.2, 0.25) is 0 Å². The number of nitrogens with two attached hydrogens (primary N) is 1. The molecule has 0 aliphatic carbocycles. The zero-order valence-electron chi connectivity index (χ0n) is 10.5. The lowest BCUT2D eigenvalue weighted by Crippen LogP contribution is -2.52. The van der Waals surface area contributed by atoms with E-state index in [1.54, 1.807) is 4.90 Å². The van der Waals surface area contributed by atoms with E-state index in [1.165, 1.54) is 0 Å². The molecule has 1 saturated heterocycles. The Morgan fingerprint density at radius 2 is 2.11 bits per heavy atom. The second-order valence-corrected chi connectivity index (χ2v) is 5.52. The Hall–Kier alpha value is -1.07. The number of rotatable bonds is 3. The zero-order chi connectivity index (χ0) is 13.1. The van der Waals surface area contributed by atoms with E-state index >= 15 is 0 Å². The van der Waals surface area contributed by atoms with Crippen molar-refractivity contribution in [1.82, 2.24) is 4.90 Å². The molecular formula is C13H18BrN3O. The largest absolute Gasteiger partial charge is 0.330 e. The fraction of sp³-hybridized carbons (Fsp3) is 0.462. The number of anilines is 1. The number of halogens is 1. The molecule has 5 heteroatoms. The summed E-state index contributed by atoms with van der Waals surface area (Å²) in [6, 6.07) is 7.86. The first kappa shape index (κ1) is 13.4. The standard InChI is InChI=1S/C13H18BrN3O/c1-16-8-10(6-7-15)9-17(13(16)18)12-5-3-2-4-11(12)14/h2-5,10H,6-9,15H2,1H3. The summed E-state index contributed by atoms with van der Waals surface area (Å²) < 4.78 is 0.945. The monoisotopic (exact) mass is 311 g/mol. The highest BCUT2D eigenvalue weighted by Gasteiger charge is 2.30. The molecule has 0 radical (unpaired) electrons. The van der Waals surface area contributed by atoms with Gasteiger partial charge in [-0.15, -0.1) is 0 Å². The van der Waals surface area contributed by atoms with Gasteiger partial charge >= 0.3 is 6.03 Å². The summed E-state index contributed by atoms with van der Waals surface area (Å²) in [5, 5.41) is 0. The molecule has 1 fully saturated rings. The highest BCUT2D eigenvalue weighted by Crippen LogP contribution is 2.29. The molecule has 1 aliphatic heterocycles. The molecule has 1 heterocycles. The zero-order valence-corrected chi connectivity index (χ0v) is 12.1. The van der Waals surface area contributed by atoms with Crippen molar-refractivity contribution >= 4 is 27.6 Å². The van der Waals surface area contributed by atoms with E-state index in [0.717, 1.165) is 29.7 Å². The van der Waals surface area contributed by atoms with Crippen LogP contribution in [-0.2, 0) is 0 Å². The molecule has 0 bridgehead atoms. The number of nitrogens with zero attached hydrogens (tertiary/aromatic N) is 2. The average molecular weight is 312 g/mol. The van der Waals surface area contributed by atoms with E-state index in [1.807, 2.05) is 36.2 Å². The van der Waals surface area contributed by atoms with E-state index in [4.69, 9.17) is 5.73 Å². The van der Waals surface area contributed by atoms with Crippen molar-refractivity contribution in [2.75, 3.05) is 31.6 Å². The van der Waals surface area contributed by atoms with Crippen LogP contribution in [0.1, 0.15) is 6.42 Å². The summed E-state index contributed by atoms with van der Waals surface area (Å²) >= 11 is 3.50. The third-order valence-electron chi connectivity index (χ3n) is 3.25. The molecule has 2 amide bonds. The highest BCUT2D eigenvalue weighted by atomic mass is 79.9. The Morgan fingerprint density at radius 1 is 1.39 bits per heavy atom. The highest BCUT2D eigenvalue weighted by molar-refractivity contribution is 9.10. The number of hydrogen-bond acceptors (Lipinski definition) is 2. The number of urea groups is 1. The van der Waals surface area contributed by atoms with Crippen LogP contribution in [0.15, 0.2) is 28.7 Å². The molecule has 0 spiro atoms. The van der Waals surface area contributed by atoms with Crippen molar-refractivity contribution in [2.45, 2.75) is 6.42 Å². The molecule has 98 valence electrons. The first-order valence-corrected chi connectivity index (χ1v) is 6.90. The van der Waals surface area contributed by atoms with Gasteiger partial charge in [-0.3, -0.25) is 4.90 Å². The third-order valence-corrected chi connectivity index (χ3v) is 3.92. The van der Waals surface area contributed by atoms with Gasteiger partial charge in [0.25, 0.3) is 0 Å². The van der Waals surface area contributed by atoms with Gasteiger partial charge in [0, 0.05) is 24.6 Å². The predicted molar refractivity (Wildman–Crippen MR) is 76.7 cm³/mol. The molecular weight excluding hydrogens is 294 g/mol. The molecule has 1 unspecified atom stereocenters. The van der Waals surface area contributed by atoms with Gasteiger partial charge in [-0.2, -0.15) is 0 Å². The van der Waals surface area contributed by atoms with Gasteiger partial charge in [0.1, 0.15) is 0 Å². The van der Waals surface area contributed by atoms with Crippen LogP contribution in [0.5, 0.6) is 0 Å². The molecule has 0 saturated carbocycles. The number of hydrogen-bond donors (Lipinski definition) is 1. The quantitative estimate of drug-likeness (QED) is 0.931. The summed E-state index contributed by atoms with van der Waals surface area (Å²) in [5.41, 5.74) is 6.55. The summed E-state index contributed by atoms with van der Waals surface area (Å²) in [4.78, 5) is 15.8. The number of amides is 2. The third kappa shape index (κ3) is 2.67. The Kier molecular flexibility index (Phi) is 4.24. The van der Waals surface area contributed by atoms with Gasteiger partial charge in [0.15, 0.2) is 0 Å². The molecule has 2 rings (SSSR count). The smallest absolute Gasteiger partial charge is 0.324 e. The second-order valence-electron chi connectivity index (χ2n) is 4.67. The van der Waals surface area contributed by atoms with Crippen LogP contribution in [0, 0.1) is 5.92 Å². The van der Waals surface area contributed by atoms with E-state index in [0.29, 0.717) is 12.5 Å². The van der Waals surface area contributed by atoms with Crippen LogP contribution in [0.25, 0.3) is 0 Å². The van der Waals surface area contributed by atoms with Crippen molar-refractivity contribution < 1.29 is 4.79 Å². The number of carbonyl (C=O) groups excluding carboxylic acids is 1. The van der Waals surface area contributed by atoms with Gasteiger partial charge < -0.3 is 10.6 Å². The Balaban J connectivity index is 2.24. The van der Waals surface area contributed by atoms with E-state index in [9.17, 15) is 4.79 Å². The van der Waals surface area contributed by atoms with E-state index in [-0.39, 0.29) is 6.03 Å². The maximum Gasteiger partial charge on any atom is 0.324 e. The molecule has 2 N–H and O–H groups in total. The number of benzene rings is 1. The van der Waals surface area contributed by atoms with E-state index in [2.05, 4.69) is 15.9 Å². The van der Waals surface area contributed by atoms with Crippen LogP contribution in [0.4, 0.5) is 10.5 Å². The summed E-state index contributed by atoms with van der Waals surface area (Å²) in [6.45, 7) is 2.19. The van der Waals surface area contributed by atoms with Crippen LogP contribution >= 0.6 is 15.9 Å². The normalized spacial score (nSPS) is 20.4. The van der Waals surface area contributed by atoms with Crippen LogP contribution < -0.4 is 10.6 Å². The molecule has 4 nitrogen and oxygen atoms in total. The fourth-order valence-electron chi connectivity index (χ4n) is 2.36. The Bertz CT molecular complexity index is 438. The molecule has 1 aromatic carbocycles. The van der Waals surface area contributed by atoms with Crippen molar-refractivity contribution in [2.24, 2.45) is 11.7 Å². The van der Waals surface area contributed by atoms with Gasteiger partial charge in [-0.05, 0) is 46.9 Å². The Labute approximate surface area is 116 Å². The van der Waals surface area contributed by atoms with Crippen molar-refractivity contribution in [3.8, 4) is 0 Å². The molecule has 0 aromatic heterocycles. The van der Waals surface area contributed by atoms with E-state index < -0.39 is 0 Å². The lowest BCUT2D eigenvalue weighted by atomic mass is 10.0. The lowest BCUT2D eigenvalue weighted by Gasteiger charge is -2.38. The summed E-state index contributed by atoms with van der Waals surface area (Å²) in [7, 11) is 1.84. The molecule has 18 heavy (non-hydrogen) atoms. The predicted octanol–water partition coefficient (Wildman–Crippen LogP) is 2.29. The second kappa shape index (κ2) is 5.71. The van der Waals surface area contributed by atoms with Gasteiger partial charge in [-0.25, -0.2) is 4.79 Å². The fourth-order valence-corrected chi connectivity index (χ4v) is 2.85. The van der Waals surface area contributed by atoms with Crippen LogP contribution in [-0.4, -0.2) is 37.6 Å². The summed E-state index contributed by atoms with van der Waals surface area (Å²) in [5.74, 6) is 0.435. The van der Waals surface area contributed by atoms with Gasteiger partial charge in [-0.1, -0.05) is 12.1 Å². The maximum atomic E-state index is 12.2. The maximum absolute atomic E-state index is 12.2. The van der Waals surface area contributed by atoms with Crippen molar-refractivity contribution in [1.29, 1.82) is 0 Å². The lowest BCUT2D eigenvalue weighted by molar-refractivity contribution is 0.191. The van der Waals surface area contributed by atoms with Crippen LogP contribution in [0.2, 0.25) is 0 Å². The number of para-hydroxylation sites is 1. The van der Waals surface area contributed by atoms with Crippen molar-refractivity contribution in [3.63, 3.8) is 0 Å². The first-order valence-electron chi connectivity index (χ1n) is 6.10. The minimum Gasteiger partial charge on any atom is -0.330 e. The molecule has 1 aliphatic rings. The SMILES string of the molecule is CN1CC(CCN)CN(c2ccccc2Br)C1=O. The molecule has 1 aromatic rings. The minimum absolute atomic E-state index is 0.0511. The van der Waals surface area contributed by atoms with Gasteiger partial charge in [0.05, 0.1) is 5.69 Å². The topological polar surface area (TPSA) is 49.6 Å².